The topological polar surface area (TPSA) is 55.6 Å². The van der Waals surface area contributed by atoms with Gasteiger partial charge in [0.1, 0.15) is 6.04 Å². The molecule has 2 aliphatic rings. The van der Waals surface area contributed by atoms with Crippen LogP contribution in [0.15, 0.2) is 0 Å². The second-order valence-corrected chi connectivity index (χ2v) is 5.49. The molecule has 0 aromatic heterocycles. The van der Waals surface area contributed by atoms with Crippen LogP contribution in [0.25, 0.3) is 0 Å². The van der Waals surface area contributed by atoms with E-state index >= 15 is 0 Å². The molecule has 0 radical (unpaired) electrons. The van der Waals surface area contributed by atoms with Gasteiger partial charge < -0.3 is 10.5 Å². The lowest BCUT2D eigenvalue weighted by atomic mass is 9.89. The number of carbonyl (C=O) groups excluding carboxylic acids is 1. The smallest absolute Gasteiger partial charge is 0.323 e. The molecule has 2 atom stereocenters. The highest BCUT2D eigenvalue weighted by Gasteiger charge is 2.36. The van der Waals surface area contributed by atoms with Crippen molar-refractivity contribution in [1.82, 2.24) is 4.90 Å². The molecule has 98 valence electrons. The van der Waals surface area contributed by atoms with Crippen molar-refractivity contribution in [3.8, 4) is 0 Å². The van der Waals surface area contributed by atoms with Crippen molar-refractivity contribution < 1.29 is 9.53 Å². The van der Waals surface area contributed by atoms with Crippen molar-refractivity contribution in [2.45, 2.75) is 50.6 Å². The zero-order valence-electron chi connectivity index (χ0n) is 10.7. The highest BCUT2D eigenvalue weighted by molar-refractivity contribution is 5.76. The van der Waals surface area contributed by atoms with Crippen molar-refractivity contribution in [2.24, 2.45) is 11.7 Å². The van der Waals surface area contributed by atoms with Gasteiger partial charge in [-0.3, -0.25) is 9.69 Å². The number of methoxy groups -OCH3 is 1. The molecule has 0 aromatic rings. The van der Waals surface area contributed by atoms with Crippen LogP contribution in [-0.4, -0.2) is 43.2 Å². The highest BCUT2D eigenvalue weighted by atomic mass is 16.5. The Labute approximate surface area is 103 Å². The number of nitrogens with zero attached hydrogens (tertiary/aromatic N) is 1. The van der Waals surface area contributed by atoms with Crippen LogP contribution in [0.5, 0.6) is 0 Å². The van der Waals surface area contributed by atoms with Gasteiger partial charge in [-0.15, -0.1) is 0 Å². The van der Waals surface area contributed by atoms with Crippen LogP contribution >= 0.6 is 0 Å². The summed E-state index contributed by atoms with van der Waals surface area (Å²) in [5, 5.41) is 0. The summed E-state index contributed by atoms with van der Waals surface area (Å²) in [4.78, 5) is 13.9. The summed E-state index contributed by atoms with van der Waals surface area (Å²) in [6.07, 6.45) is 7.41. The van der Waals surface area contributed by atoms with E-state index in [9.17, 15) is 4.79 Å². The van der Waals surface area contributed by atoms with E-state index in [4.69, 9.17) is 10.5 Å². The standard InChI is InChI=1S/C13H24N2O2/c1-17-13(16)12-7-11(14)9-15(12)8-10-5-3-2-4-6-10/h10-12H,2-9,14H2,1H3/t11-,12?/m1/s1. The van der Waals surface area contributed by atoms with Gasteiger partial charge >= 0.3 is 5.97 Å². The molecule has 2 fully saturated rings. The van der Waals surface area contributed by atoms with Gasteiger partial charge in [-0.2, -0.15) is 0 Å². The van der Waals surface area contributed by atoms with Crippen molar-refractivity contribution in [3.63, 3.8) is 0 Å². The summed E-state index contributed by atoms with van der Waals surface area (Å²) < 4.78 is 4.87. The number of carbonyl (C=O) groups is 1. The number of hydrogen-bond donors (Lipinski definition) is 1. The fourth-order valence-corrected chi connectivity index (χ4v) is 3.22. The molecule has 1 saturated heterocycles. The first-order valence-corrected chi connectivity index (χ1v) is 6.78. The van der Waals surface area contributed by atoms with E-state index in [1.54, 1.807) is 0 Å². The molecule has 0 spiro atoms. The molecule has 2 rings (SSSR count). The fourth-order valence-electron chi connectivity index (χ4n) is 3.22. The monoisotopic (exact) mass is 240 g/mol. The summed E-state index contributed by atoms with van der Waals surface area (Å²) in [5.74, 6) is 0.634. The molecule has 0 aromatic carbocycles. The number of rotatable bonds is 3. The van der Waals surface area contributed by atoms with Gasteiger partial charge in [0, 0.05) is 19.1 Å². The maximum absolute atomic E-state index is 11.7. The largest absolute Gasteiger partial charge is 0.468 e. The minimum Gasteiger partial charge on any atom is -0.468 e. The van der Waals surface area contributed by atoms with Gasteiger partial charge in [-0.25, -0.2) is 0 Å². The Bertz CT molecular complexity index is 264. The Morgan fingerprint density at radius 1 is 1.35 bits per heavy atom. The molecular formula is C13H24N2O2. The fraction of sp³-hybridized carbons (Fsp3) is 0.923. The maximum Gasteiger partial charge on any atom is 0.323 e. The molecule has 1 saturated carbocycles. The molecule has 4 nitrogen and oxygen atoms in total. The minimum absolute atomic E-state index is 0.100. The van der Waals surface area contributed by atoms with Crippen molar-refractivity contribution in [2.75, 3.05) is 20.2 Å². The lowest BCUT2D eigenvalue weighted by Crippen LogP contribution is -2.40. The third-order valence-electron chi connectivity index (χ3n) is 4.13. The normalized spacial score (nSPS) is 31.6. The van der Waals surface area contributed by atoms with E-state index in [0.29, 0.717) is 0 Å². The Morgan fingerprint density at radius 3 is 2.71 bits per heavy atom. The summed E-state index contributed by atoms with van der Waals surface area (Å²) in [6.45, 7) is 1.86. The average Bonchev–Trinajstić information content (AvgIpc) is 2.70. The maximum atomic E-state index is 11.7. The van der Waals surface area contributed by atoms with E-state index in [-0.39, 0.29) is 18.1 Å². The van der Waals surface area contributed by atoms with Crippen LogP contribution in [0.2, 0.25) is 0 Å². The van der Waals surface area contributed by atoms with Crippen LogP contribution in [-0.2, 0) is 9.53 Å². The van der Waals surface area contributed by atoms with E-state index in [1.807, 2.05) is 0 Å². The molecule has 2 N–H and O–H groups in total. The van der Waals surface area contributed by atoms with Crippen molar-refractivity contribution in [1.29, 1.82) is 0 Å². The predicted molar refractivity (Wildman–Crippen MR) is 66.5 cm³/mol. The molecule has 1 unspecified atom stereocenters. The van der Waals surface area contributed by atoms with Gasteiger partial charge in [-0.05, 0) is 25.2 Å². The van der Waals surface area contributed by atoms with E-state index in [2.05, 4.69) is 4.90 Å². The Morgan fingerprint density at radius 2 is 2.06 bits per heavy atom. The Hall–Kier alpha value is -0.610. The van der Waals surface area contributed by atoms with Gasteiger partial charge in [-0.1, -0.05) is 19.3 Å². The average molecular weight is 240 g/mol. The van der Waals surface area contributed by atoms with E-state index in [0.717, 1.165) is 25.4 Å². The third-order valence-corrected chi connectivity index (χ3v) is 4.13. The van der Waals surface area contributed by atoms with Gasteiger partial charge in [0.05, 0.1) is 7.11 Å². The molecule has 0 amide bonds. The van der Waals surface area contributed by atoms with E-state index in [1.165, 1.54) is 39.2 Å². The van der Waals surface area contributed by atoms with Crippen LogP contribution < -0.4 is 5.73 Å². The zero-order chi connectivity index (χ0) is 12.3. The van der Waals surface area contributed by atoms with Gasteiger partial charge in [0.25, 0.3) is 0 Å². The van der Waals surface area contributed by atoms with E-state index < -0.39 is 0 Å². The molecule has 4 heteroatoms. The molecule has 1 heterocycles. The summed E-state index contributed by atoms with van der Waals surface area (Å²) >= 11 is 0. The first-order chi connectivity index (χ1) is 8.20. The highest BCUT2D eigenvalue weighted by Crippen LogP contribution is 2.27. The van der Waals surface area contributed by atoms with Crippen LogP contribution in [0.3, 0.4) is 0 Å². The number of hydrogen-bond acceptors (Lipinski definition) is 4. The van der Waals surface area contributed by atoms with Gasteiger partial charge in [0.15, 0.2) is 0 Å². The lowest BCUT2D eigenvalue weighted by molar-refractivity contribution is -0.146. The Kier molecular flexibility index (Phi) is 4.40. The summed E-state index contributed by atoms with van der Waals surface area (Å²) in [6, 6.07) is 0.0274. The summed E-state index contributed by atoms with van der Waals surface area (Å²) in [7, 11) is 1.46. The van der Waals surface area contributed by atoms with Crippen LogP contribution in [0, 0.1) is 5.92 Å². The SMILES string of the molecule is COC(=O)C1C[C@@H](N)CN1CC1CCCCC1. The molecular weight excluding hydrogens is 216 g/mol. The Balaban J connectivity index is 1.90. The predicted octanol–water partition coefficient (Wildman–Crippen LogP) is 1.14. The summed E-state index contributed by atoms with van der Waals surface area (Å²) in [5.41, 5.74) is 5.96. The molecule has 17 heavy (non-hydrogen) atoms. The van der Waals surface area contributed by atoms with Crippen LogP contribution in [0.4, 0.5) is 0 Å². The number of esters is 1. The first-order valence-electron chi connectivity index (χ1n) is 6.78. The van der Waals surface area contributed by atoms with Crippen LogP contribution in [0.1, 0.15) is 38.5 Å². The third kappa shape index (κ3) is 3.19. The van der Waals surface area contributed by atoms with Crippen molar-refractivity contribution >= 4 is 5.97 Å². The van der Waals surface area contributed by atoms with Crippen molar-refractivity contribution in [3.05, 3.63) is 0 Å². The number of nitrogens with two attached hydrogens (primary N) is 1. The minimum atomic E-state index is -0.117. The molecule has 1 aliphatic heterocycles. The lowest BCUT2D eigenvalue weighted by Gasteiger charge is -2.29. The first kappa shape index (κ1) is 12.8. The second-order valence-electron chi connectivity index (χ2n) is 5.49. The number of likely N-dealkylation sites (tertiary alicyclic amines) is 1. The quantitative estimate of drug-likeness (QED) is 0.752. The number of ether oxygens (including phenoxy) is 1. The van der Waals surface area contributed by atoms with Gasteiger partial charge in [0.2, 0.25) is 0 Å². The zero-order valence-corrected chi connectivity index (χ0v) is 10.7. The molecule has 1 aliphatic carbocycles. The molecule has 0 bridgehead atoms. The second kappa shape index (κ2) is 5.83.